The molecule has 2 atom stereocenters. The average molecular weight is 280 g/mol. The highest BCUT2D eigenvalue weighted by molar-refractivity contribution is 6.20. The van der Waals surface area contributed by atoms with Crippen molar-refractivity contribution in [2.75, 3.05) is 13.6 Å². The van der Waals surface area contributed by atoms with Crippen molar-refractivity contribution in [1.29, 1.82) is 0 Å². The number of benzene rings is 1. The summed E-state index contributed by atoms with van der Waals surface area (Å²) in [4.78, 5) is 14.4. The molecule has 1 aliphatic carbocycles. The van der Waals surface area contributed by atoms with Crippen molar-refractivity contribution >= 4 is 17.5 Å². The number of hydrogen-bond donors (Lipinski definition) is 0. The maximum atomic E-state index is 12.6. The van der Waals surface area contributed by atoms with E-state index in [1.165, 1.54) is 11.1 Å². The Morgan fingerprint density at radius 2 is 2.21 bits per heavy atom. The number of rotatable bonds is 4. The second-order valence-electron chi connectivity index (χ2n) is 5.47. The maximum Gasteiger partial charge on any atom is 0.229 e. The van der Waals surface area contributed by atoms with E-state index in [0.717, 1.165) is 32.2 Å². The normalized spacial score (nSPS) is 19.6. The molecular formula is C16H22ClNO. The third-order valence-corrected chi connectivity index (χ3v) is 4.12. The van der Waals surface area contributed by atoms with E-state index in [-0.39, 0.29) is 17.2 Å². The fourth-order valence-corrected chi connectivity index (χ4v) is 2.86. The van der Waals surface area contributed by atoms with Gasteiger partial charge in [-0.25, -0.2) is 0 Å². The molecule has 2 rings (SSSR count). The molecule has 1 aliphatic rings. The predicted molar refractivity (Wildman–Crippen MR) is 79.7 cm³/mol. The van der Waals surface area contributed by atoms with E-state index in [0.29, 0.717) is 0 Å². The largest absolute Gasteiger partial charge is 0.345 e. The van der Waals surface area contributed by atoms with Crippen LogP contribution in [0.5, 0.6) is 0 Å². The van der Waals surface area contributed by atoms with Crippen LogP contribution in [0.15, 0.2) is 24.3 Å². The summed E-state index contributed by atoms with van der Waals surface area (Å²) in [6.45, 7) is 2.71. The minimum atomic E-state index is 0.0422. The molecule has 1 aromatic carbocycles. The first-order valence-corrected chi connectivity index (χ1v) is 7.50. The number of carbonyl (C=O) groups is 1. The van der Waals surface area contributed by atoms with E-state index in [2.05, 4.69) is 18.2 Å². The number of hydrogen-bond acceptors (Lipinski definition) is 1. The first-order valence-electron chi connectivity index (χ1n) is 7.06. The molecule has 0 bridgehead atoms. The molecule has 3 heteroatoms. The van der Waals surface area contributed by atoms with Gasteiger partial charge in [0.2, 0.25) is 5.91 Å². The standard InChI is InChI=1S/C16H22ClNO/c1-12(17)10-11-18(2)16(19)15-9-5-7-13-6-3-4-8-14(13)15/h3-4,6,8,12,15H,5,7,9-11H2,1-2H3. The van der Waals surface area contributed by atoms with E-state index in [4.69, 9.17) is 11.6 Å². The van der Waals surface area contributed by atoms with Gasteiger partial charge in [-0.15, -0.1) is 11.6 Å². The van der Waals surface area contributed by atoms with Gasteiger partial charge in [0.1, 0.15) is 0 Å². The lowest BCUT2D eigenvalue weighted by Gasteiger charge is -2.29. The average Bonchev–Trinajstić information content (AvgIpc) is 2.43. The summed E-state index contributed by atoms with van der Waals surface area (Å²) in [6.07, 6.45) is 4.02. The van der Waals surface area contributed by atoms with Crippen molar-refractivity contribution in [2.45, 2.75) is 43.9 Å². The first kappa shape index (κ1) is 14.4. The monoisotopic (exact) mass is 279 g/mol. The van der Waals surface area contributed by atoms with Crippen LogP contribution in [-0.4, -0.2) is 29.8 Å². The molecule has 0 aromatic heterocycles. The zero-order chi connectivity index (χ0) is 13.8. The summed E-state index contributed by atoms with van der Waals surface area (Å²) >= 11 is 5.96. The molecule has 0 radical (unpaired) electrons. The number of carbonyl (C=O) groups excluding carboxylic acids is 1. The van der Waals surface area contributed by atoms with Crippen LogP contribution in [0, 0.1) is 0 Å². The Morgan fingerprint density at radius 3 is 2.95 bits per heavy atom. The third kappa shape index (κ3) is 3.50. The van der Waals surface area contributed by atoms with Gasteiger partial charge in [0.05, 0.1) is 5.92 Å². The molecule has 0 spiro atoms. The Labute approximate surface area is 120 Å². The number of aryl methyl sites for hydroxylation is 1. The molecule has 19 heavy (non-hydrogen) atoms. The van der Waals surface area contributed by atoms with Gasteiger partial charge >= 0.3 is 0 Å². The van der Waals surface area contributed by atoms with Crippen LogP contribution in [0.4, 0.5) is 0 Å². The van der Waals surface area contributed by atoms with Crippen LogP contribution >= 0.6 is 11.6 Å². The lowest BCUT2D eigenvalue weighted by atomic mass is 9.82. The molecule has 1 amide bonds. The van der Waals surface area contributed by atoms with Gasteiger partial charge in [-0.05, 0) is 43.7 Å². The molecule has 2 unspecified atom stereocenters. The molecule has 0 fully saturated rings. The summed E-state index contributed by atoms with van der Waals surface area (Å²) in [5.41, 5.74) is 2.57. The van der Waals surface area contributed by atoms with Crippen molar-refractivity contribution < 1.29 is 4.79 Å². The number of alkyl halides is 1. The first-order chi connectivity index (χ1) is 9.09. The predicted octanol–water partition coefficient (Wildman–Crippen LogP) is 3.58. The number of nitrogens with zero attached hydrogens (tertiary/aromatic N) is 1. The molecule has 0 saturated carbocycles. The van der Waals surface area contributed by atoms with Gasteiger partial charge in [-0.3, -0.25) is 4.79 Å². The van der Waals surface area contributed by atoms with E-state index >= 15 is 0 Å². The van der Waals surface area contributed by atoms with E-state index < -0.39 is 0 Å². The zero-order valence-electron chi connectivity index (χ0n) is 11.7. The molecule has 0 heterocycles. The number of likely N-dealkylation sites (N-methyl/N-ethyl adjacent to an activating group) is 1. The second-order valence-corrected chi connectivity index (χ2v) is 6.22. The van der Waals surface area contributed by atoms with Gasteiger partial charge in [0.25, 0.3) is 0 Å². The fourth-order valence-electron chi connectivity index (χ4n) is 2.76. The van der Waals surface area contributed by atoms with Crippen molar-refractivity contribution in [1.82, 2.24) is 4.90 Å². The molecule has 104 valence electrons. The van der Waals surface area contributed by atoms with E-state index in [1.54, 1.807) is 0 Å². The number of halogens is 1. The lowest BCUT2D eigenvalue weighted by Crippen LogP contribution is -2.34. The van der Waals surface area contributed by atoms with Gasteiger partial charge in [-0.1, -0.05) is 24.3 Å². The SMILES string of the molecule is CC(Cl)CCN(C)C(=O)C1CCCc2ccccc21. The van der Waals surface area contributed by atoms with Crippen molar-refractivity contribution in [3.05, 3.63) is 35.4 Å². The Morgan fingerprint density at radius 1 is 1.47 bits per heavy atom. The Kier molecular flexibility index (Phi) is 4.87. The highest BCUT2D eigenvalue weighted by atomic mass is 35.5. The van der Waals surface area contributed by atoms with Gasteiger partial charge < -0.3 is 4.90 Å². The van der Waals surface area contributed by atoms with Crippen molar-refractivity contribution in [3.63, 3.8) is 0 Å². The van der Waals surface area contributed by atoms with Crippen LogP contribution in [0.25, 0.3) is 0 Å². The van der Waals surface area contributed by atoms with Crippen LogP contribution in [0.1, 0.15) is 43.2 Å². The van der Waals surface area contributed by atoms with Crippen LogP contribution in [0.2, 0.25) is 0 Å². The van der Waals surface area contributed by atoms with Gasteiger partial charge in [-0.2, -0.15) is 0 Å². The van der Waals surface area contributed by atoms with Crippen molar-refractivity contribution in [3.8, 4) is 0 Å². The molecular weight excluding hydrogens is 258 g/mol. The summed E-state index contributed by atoms with van der Waals surface area (Å²) in [5, 5.41) is 0.119. The number of amides is 1. The quantitative estimate of drug-likeness (QED) is 0.772. The highest BCUT2D eigenvalue weighted by Gasteiger charge is 2.28. The molecule has 0 N–H and O–H groups in total. The van der Waals surface area contributed by atoms with Crippen LogP contribution < -0.4 is 0 Å². The van der Waals surface area contributed by atoms with Crippen LogP contribution in [0.3, 0.4) is 0 Å². The summed E-state index contributed by atoms with van der Waals surface area (Å²) < 4.78 is 0. The topological polar surface area (TPSA) is 20.3 Å². The molecule has 2 nitrogen and oxygen atoms in total. The third-order valence-electron chi connectivity index (χ3n) is 3.91. The Bertz CT molecular complexity index is 444. The van der Waals surface area contributed by atoms with Gasteiger partial charge in [0, 0.05) is 19.0 Å². The maximum absolute atomic E-state index is 12.6. The van der Waals surface area contributed by atoms with Crippen molar-refractivity contribution in [2.24, 2.45) is 0 Å². The summed E-state index contributed by atoms with van der Waals surface area (Å²) in [7, 11) is 1.89. The minimum absolute atomic E-state index is 0.0422. The van der Waals surface area contributed by atoms with E-state index in [1.807, 2.05) is 24.9 Å². The Balaban J connectivity index is 2.08. The van der Waals surface area contributed by atoms with Crippen LogP contribution in [-0.2, 0) is 11.2 Å². The summed E-state index contributed by atoms with van der Waals surface area (Å²) in [6, 6.07) is 8.35. The molecule has 1 aromatic rings. The van der Waals surface area contributed by atoms with Gasteiger partial charge in [0.15, 0.2) is 0 Å². The second kappa shape index (κ2) is 6.42. The lowest BCUT2D eigenvalue weighted by molar-refractivity contribution is -0.131. The zero-order valence-corrected chi connectivity index (χ0v) is 12.5. The Hall–Kier alpha value is -1.02. The smallest absolute Gasteiger partial charge is 0.229 e. The fraction of sp³-hybridized carbons (Fsp3) is 0.562. The summed E-state index contributed by atoms with van der Waals surface area (Å²) in [5.74, 6) is 0.282. The number of fused-ring (bicyclic) bond motifs is 1. The van der Waals surface area contributed by atoms with E-state index in [9.17, 15) is 4.79 Å². The molecule has 0 saturated heterocycles. The minimum Gasteiger partial charge on any atom is -0.345 e. The molecule has 0 aliphatic heterocycles. The highest BCUT2D eigenvalue weighted by Crippen LogP contribution is 2.32.